The Bertz CT molecular complexity index is 1360. The summed E-state index contributed by atoms with van der Waals surface area (Å²) >= 11 is 0. The number of halogens is 2. The van der Waals surface area contributed by atoms with E-state index in [1.165, 1.54) is 23.9 Å². The van der Waals surface area contributed by atoms with Crippen molar-refractivity contribution in [3.8, 4) is 11.6 Å². The number of carbonyl (C=O) groups excluding carboxylic acids is 1. The average molecular weight is 466 g/mol. The van der Waals surface area contributed by atoms with Crippen LogP contribution in [-0.2, 0) is 26.3 Å². The summed E-state index contributed by atoms with van der Waals surface area (Å²) in [5.74, 6) is -1.37. The standard InChI is InChI=1S/C24H20F2N4O4/c1-15(31)34-14-24(12-32-13-24)23-28-21-18(22(29-23)33-11-16-5-3-2-4-6-16)10-27-30(21)20-8-7-17(25)9-19(20)26/h2-10H,11-14H2,1H3. The van der Waals surface area contributed by atoms with Gasteiger partial charge in [0.15, 0.2) is 11.5 Å². The lowest BCUT2D eigenvalue weighted by molar-refractivity contribution is -0.152. The highest BCUT2D eigenvalue weighted by Crippen LogP contribution is 2.35. The highest BCUT2D eigenvalue weighted by Gasteiger charge is 2.45. The number of aromatic nitrogens is 4. The summed E-state index contributed by atoms with van der Waals surface area (Å²) in [5, 5.41) is 4.72. The molecule has 1 aliphatic heterocycles. The summed E-state index contributed by atoms with van der Waals surface area (Å²) < 4.78 is 46.0. The summed E-state index contributed by atoms with van der Waals surface area (Å²) in [5.41, 5.74) is 0.442. The summed E-state index contributed by atoms with van der Waals surface area (Å²) in [6.07, 6.45) is 1.47. The molecule has 0 aliphatic carbocycles. The SMILES string of the molecule is CC(=O)OCC1(c2nc(OCc3ccccc3)c3cnn(-c4ccc(F)cc4F)c3n2)COC1. The van der Waals surface area contributed by atoms with Crippen molar-refractivity contribution in [3.63, 3.8) is 0 Å². The molecule has 0 unspecified atom stereocenters. The Morgan fingerprint density at radius 1 is 1.15 bits per heavy atom. The van der Waals surface area contributed by atoms with Crippen LogP contribution >= 0.6 is 0 Å². The van der Waals surface area contributed by atoms with E-state index >= 15 is 0 Å². The Kier molecular flexibility index (Phi) is 5.66. The predicted octanol–water partition coefficient (Wildman–Crippen LogP) is 3.50. The molecule has 8 nitrogen and oxygen atoms in total. The lowest BCUT2D eigenvalue weighted by Gasteiger charge is -2.39. The van der Waals surface area contributed by atoms with Crippen molar-refractivity contribution in [2.45, 2.75) is 18.9 Å². The average Bonchev–Trinajstić information content (AvgIpc) is 3.21. The molecule has 34 heavy (non-hydrogen) atoms. The van der Waals surface area contributed by atoms with Crippen molar-refractivity contribution < 1.29 is 27.8 Å². The molecule has 4 aromatic rings. The van der Waals surface area contributed by atoms with Crippen molar-refractivity contribution in [1.29, 1.82) is 0 Å². The van der Waals surface area contributed by atoms with E-state index in [1.54, 1.807) is 0 Å². The summed E-state index contributed by atoms with van der Waals surface area (Å²) in [6, 6.07) is 12.7. The van der Waals surface area contributed by atoms with Crippen LogP contribution in [0.4, 0.5) is 8.78 Å². The third kappa shape index (κ3) is 4.08. The number of rotatable bonds is 7. The fraction of sp³-hybridized carbons (Fsp3) is 0.250. The number of hydrogen-bond donors (Lipinski definition) is 0. The largest absolute Gasteiger partial charge is 0.472 e. The topological polar surface area (TPSA) is 88.4 Å². The Hall–Kier alpha value is -3.92. The van der Waals surface area contributed by atoms with Crippen molar-refractivity contribution in [3.05, 3.63) is 77.8 Å². The monoisotopic (exact) mass is 466 g/mol. The fourth-order valence-electron chi connectivity index (χ4n) is 3.65. The first-order valence-corrected chi connectivity index (χ1v) is 10.5. The summed E-state index contributed by atoms with van der Waals surface area (Å²) in [7, 11) is 0. The molecule has 0 saturated carbocycles. The van der Waals surface area contributed by atoms with Gasteiger partial charge in [-0.2, -0.15) is 10.1 Å². The van der Waals surface area contributed by atoms with Crippen LogP contribution in [0.25, 0.3) is 16.7 Å². The van der Waals surface area contributed by atoms with E-state index in [0.717, 1.165) is 17.7 Å². The van der Waals surface area contributed by atoms with Gasteiger partial charge in [0.1, 0.15) is 41.3 Å². The third-order valence-electron chi connectivity index (χ3n) is 5.53. The van der Waals surface area contributed by atoms with Gasteiger partial charge in [-0.15, -0.1) is 0 Å². The molecule has 0 N–H and O–H groups in total. The van der Waals surface area contributed by atoms with Gasteiger partial charge in [0.25, 0.3) is 0 Å². The normalized spacial score (nSPS) is 14.6. The third-order valence-corrected chi connectivity index (χ3v) is 5.53. The zero-order valence-electron chi connectivity index (χ0n) is 18.2. The van der Waals surface area contributed by atoms with E-state index in [0.29, 0.717) is 11.2 Å². The Morgan fingerprint density at radius 3 is 2.62 bits per heavy atom. The van der Waals surface area contributed by atoms with Crippen LogP contribution in [0.1, 0.15) is 18.3 Å². The van der Waals surface area contributed by atoms with Gasteiger partial charge in [0.05, 0.1) is 19.4 Å². The van der Waals surface area contributed by atoms with Crippen LogP contribution in [0, 0.1) is 11.6 Å². The number of fused-ring (bicyclic) bond motifs is 1. The van der Waals surface area contributed by atoms with Crippen molar-refractivity contribution >= 4 is 17.0 Å². The lowest BCUT2D eigenvalue weighted by Crippen LogP contribution is -2.52. The second-order valence-corrected chi connectivity index (χ2v) is 8.07. The van der Waals surface area contributed by atoms with Gasteiger partial charge in [-0.3, -0.25) is 4.79 Å². The molecule has 1 saturated heterocycles. The van der Waals surface area contributed by atoms with Crippen LogP contribution < -0.4 is 4.74 Å². The van der Waals surface area contributed by atoms with E-state index in [4.69, 9.17) is 14.2 Å². The number of ether oxygens (including phenoxy) is 3. The maximum Gasteiger partial charge on any atom is 0.302 e. The predicted molar refractivity (Wildman–Crippen MR) is 116 cm³/mol. The number of benzene rings is 2. The van der Waals surface area contributed by atoms with Crippen LogP contribution in [0.5, 0.6) is 5.88 Å². The van der Waals surface area contributed by atoms with Gasteiger partial charge in [0.2, 0.25) is 5.88 Å². The van der Waals surface area contributed by atoms with Gasteiger partial charge in [-0.05, 0) is 17.7 Å². The summed E-state index contributed by atoms with van der Waals surface area (Å²) in [4.78, 5) is 20.7. The zero-order valence-corrected chi connectivity index (χ0v) is 18.2. The van der Waals surface area contributed by atoms with Gasteiger partial charge in [0, 0.05) is 13.0 Å². The van der Waals surface area contributed by atoms with Crippen molar-refractivity contribution in [2.24, 2.45) is 0 Å². The van der Waals surface area contributed by atoms with Crippen LogP contribution in [-0.4, -0.2) is 45.5 Å². The molecule has 0 amide bonds. The molecular formula is C24H20F2N4O4. The van der Waals surface area contributed by atoms with E-state index < -0.39 is 23.0 Å². The number of nitrogens with zero attached hydrogens (tertiary/aromatic N) is 4. The molecule has 1 fully saturated rings. The molecule has 5 rings (SSSR count). The minimum atomic E-state index is -0.793. The molecule has 0 radical (unpaired) electrons. The highest BCUT2D eigenvalue weighted by atomic mass is 19.1. The first-order chi connectivity index (χ1) is 16.4. The molecule has 0 atom stereocenters. The zero-order chi connectivity index (χ0) is 23.7. The van der Waals surface area contributed by atoms with Crippen LogP contribution in [0.3, 0.4) is 0 Å². The molecule has 1 aliphatic rings. The minimum absolute atomic E-state index is 0.0189. The lowest BCUT2D eigenvalue weighted by atomic mass is 9.86. The molecule has 0 bridgehead atoms. The second kappa shape index (κ2) is 8.79. The van der Waals surface area contributed by atoms with Gasteiger partial charge in [-0.25, -0.2) is 18.4 Å². The van der Waals surface area contributed by atoms with Gasteiger partial charge in [-0.1, -0.05) is 30.3 Å². The van der Waals surface area contributed by atoms with E-state index in [9.17, 15) is 13.6 Å². The maximum absolute atomic E-state index is 14.6. The van der Waals surface area contributed by atoms with E-state index in [2.05, 4.69) is 15.1 Å². The number of esters is 1. The highest BCUT2D eigenvalue weighted by molar-refractivity contribution is 5.81. The van der Waals surface area contributed by atoms with E-state index in [-0.39, 0.29) is 43.6 Å². The quantitative estimate of drug-likeness (QED) is 0.385. The number of carbonyl (C=O) groups is 1. The first kappa shape index (κ1) is 21.9. The molecule has 174 valence electrons. The molecule has 3 heterocycles. The Balaban J connectivity index is 1.62. The van der Waals surface area contributed by atoms with Crippen molar-refractivity contribution in [2.75, 3.05) is 19.8 Å². The summed E-state index contributed by atoms with van der Waals surface area (Å²) in [6.45, 7) is 2.05. The number of hydrogen-bond acceptors (Lipinski definition) is 7. The first-order valence-electron chi connectivity index (χ1n) is 10.5. The molecule has 2 aromatic carbocycles. The molecule has 10 heteroatoms. The minimum Gasteiger partial charge on any atom is -0.472 e. The Morgan fingerprint density at radius 2 is 1.94 bits per heavy atom. The van der Waals surface area contributed by atoms with E-state index in [1.807, 2.05) is 30.3 Å². The van der Waals surface area contributed by atoms with Gasteiger partial charge >= 0.3 is 5.97 Å². The van der Waals surface area contributed by atoms with Crippen molar-refractivity contribution in [1.82, 2.24) is 19.7 Å². The fourth-order valence-corrected chi connectivity index (χ4v) is 3.65. The molecule has 2 aromatic heterocycles. The van der Waals surface area contributed by atoms with Gasteiger partial charge < -0.3 is 14.2 Å². The van der Waals surface area contributed by atoms with Crippen LogP contribution in [0.15, 0.2) is 54.7 Å². The smallest absolute Gasteiger partial charge is 0.302 e. The molecular weight excluding hydrogens is 446 g/mol. The van der Waals surface area contributed by atoms with Crippen LogP contribution in [0.2, 0.25) is 0 Å². The Labute approximate surface area is 193 Å². The maximum atomic E-state index is 14.6. The second-order valence-electron chi connectivity index (χ2n) is 8.07. The molecule has 0 spiro atoms.